The number of ketones is 1. The van der Waals surface area contributed by atoms with Gasteiger partial charge in [0.1, 0.15) is 6.10 Å². The van der Waals surface area contributed by atoms with Gasteiger partial charge in [0, 0.05) is 28.3 Å². The highest BCUT2D eigenvalue weighted by atomic mass is 16.5. The molecule has 5 nitrogen and oxygen atoms in total. The number of ether oxygens (including phenoxy) is 1. The molecular formula is C39H46O5. The van der Waals surface area contributed by atoms with E-state index < -0.39 is 23.9 Å². The van der Waals surface area contributed by atoms with Crippen LogP contribution in [0.1, 0.15) is 136 Å². The maximum Gasteiger partial charge on any atom is 0.227 e. The monoisotopic (exact) mass is 594 g/mol. The number of hydrogen-bond donors (Lipinski definition) is 3. The molecule has 1 aliphatic heterocycles. The molecular weight excluding hydrogens is 548 g/mol. The summed E-state index contributed by atoms with van der Waals surface area (Å²) in [6, 6.07) is 10.4. The molecule has 0 bridgehead atoms. The number of Topliss-reactive ketones (excluding diaryl/α,β-unsaturated/α-hetero) is 1. The Balaban J connectivity index is 1.73. The van der Waals surface area contributed by atoms with Crippen molar-refractivity contribution >= 4 is 16.6 Å². The standard InChI is InChI=1S/C39H46O5/c1-18(2)16-27-34(29-21(7)10-11-22-17-24(19(3)4)35(41)38(44-27)30(22)29)31-23-12-13-25-33(26(40)14-15-39(25,8)9)32(23)37(43)36(42)28(31)20(5)6/h10-13,16-17,19-20,26-27,31,34,40-42H,14-15H2,1-9H3/t26-,27+,31+,34-/m1/s1. The maximum absolute atomic E-state index is 14.2. The summed E-state index contributed by atoms with van der Waals surface area (Å²) in [5.74, 6) is -0.666. The predicted molar refractivity (Wildman–Crippen MR) is 176 cm³/mol. The minimum absolute atomic E-state index is 0.106. The summed E-state index contributed by atoms with van der Waals surface area (Å²) < 4.78 is 6.86. The third-order valence-electron chi connectivity index (χ3n) is 10.3. The number of phenols is 1. The van der Waals surface area contributed by atoms with Gasteiger partial charge in [0.2, 0.25) is 5.78 Å². The molecule has 1 heterocycles. The summed E-state index contributed by atoms with van der Waals surface area (Å²) in [5.41, 5.74) is 7.43. The number of hydrogen-bond acceptors (Lipinski definition) is 5. The van der Waals surface area contributed by atoms with Gasteiger partial charge in [-0.2, -0.15) is 0 Å². The number of aliphatic hydroxyl groups is 2. The lowest BCUT2D eigenvalue weighted by Crippen LogP contribution is -2.38. The minimum atomic E-state index is -0.778. The van der Waals surface area contributed by atoms with Crippen molar-refractivity contribution in [3.8, 4) is 11.5 Å². The summed E-state index contributed by atoms with van der Waals surface area (Å²) in [6.45, 7) is 18.7. The van der Waals surface area contributed by atoms with Crippen molar-refractivity contribution in [3.05, 3.63) is 92.3 Å². The lowest BCUT2D eigenvalue weighted by atomic mass is 9.62. The largest absolute Gasteiger partial charge is 0.504 e. The number of allylic oxidation sites excluding steroid dienone is 3. The second kappa shape index (κ2) is 10.5. The Bertz CT molecular complexity index is 1770. The number of rotatable bonds is 4. The van der Waals surface area contributed by atoms with Gasteiger partial charge in [-0.05, 0) is 102 Å². The van der Waals surface area contributed by atoms with Gasteiger partial charge in [0.15, 0.2) is 17.3 Å². The number of benzene rings is 3. The Kier molecular flexibility index (Phi) is 7.28. The molecule has 2 aliphatic carbocycles. The molecule has 0 saturated carbocycles. The molecule has 6 rings (SSSR count). The normalized spacial score (nSPS) is 24.0. The molecule has 0 amide bonds. The van der Waals surface area contributed by atoms with Crippen LogP contribution < -0.4 is 4.74 Å². The highest BCUT2D eigenvalue weighted by Crippen LogP contribution is 2.58. The maximum atomic E-state index is 14.2. The summed E-state index contributed by atoms with van der Waals surface area (Å²) >= 11 is 0. The molecule has 0 unspecified atom stereocenters. The highest BCUT2D eigenvalue weighted by molar-refractivity contribution is 6.12. The third kappa shape index (κ3) is 4.42. The molecule has 4 atom stereocenters. The molecule has 3 aromatic rings. The third-order valence-corrected chi connectivity index (χ3v) is 10.3. The number of aryl methyl sites for hydroxylation is 1. The van der Waals surface area contributed by atoms with Crippen molar-refractivity contribution in [3.63, 3.8) is 0 Å². The van der Waals surface area contributed by atoms with Crippen LogP contribution in [-0.2, 0) is 5.41 Å². The number of aliphatic hydroxyl groups excluding tert-OH is 2. The van der Waals surface area contributed by atoms with Gasteiger partial charge >= 0.3 is 0 Å². The zero-order valence-corrected chi connectivity index (χ0v) is 27.5. The smallest absolute Gasteiger partial charge is 0.227 e. The van der Waals surface area contributed by atoms with Crippen LogP contribution in [0.5, 0.6) is 11.5 Å². The number of carbonyl (C=O) groups excluding carboxylic acids is 1. The molecule has 3 aliphatic rings. The SMILES string of the molecule is CC(C)=C[C@@H]1Oc2c(O)c(C(C)C)cc3ccc(C)c(c23)[C@@H]1[C@@H]1C(C(C)C)=C(O)C(=O)c2c1ccc1c2[C@H](O)CCC1(C)C. The molecule has 44 heavy (non-hydrogen) atoms. The van der Waals surface area contributed by atoms with Crippen molar-refractivity contribution in [2.24, 2.45) is 5.92 Å². The quantitative estimate of drug-likeness (QED) is 0.262. The average Bonchev–Trinajstić information content (AvgIpc) is 2.94. The van der Waals surface area contributed by atoms with E-state index in [-0.39, 0.29) is 34.7 Å². The molecule has 0 spiro atoms. The molecule has 0 saturated heterocycles. The Morgan fingerprint density at radius 2 is 1.73 bits per heavy atom. The van der Waals surface area contributed by atoms with E-state index in [4.69, 9.17) is 4.74 Å². The van der Waals surface area contributed by atoms with Crippen LogP contribution in [0.15, 0.2) is 53.3 Å². The Morgan fingerprint density at radius 3 is 2.36 bits per heavy atom. The van der Waals surface area contributed by atoms with Gasteiger partial charge < -0.3 is 20.1 Å². The summed E-state index contributed by atoms with van der Waals surface area (Å²) in [6.07, 6.45) is 2.23. The first kappa shape index (κ1) is 30.5. The minimum Gasteiger partial charge on any atom is -0.504 e. The topological polar surface area (TPSA) is 87.0 Å². The van der Waals surface area contributed by atoms with E-state index in [0.29, 0.717) is 28.9 Å². The van der Waals surface area contributed by atoms with Crippen LogP contribution in [0.2, 0.25) is 0 Å². The number of phenolic OH excluding ortho intramolecular Hbond substituents is 1. The van der Waals surface area contributed by atoms with Crippen LogP contribution in [0.25, 0.3) is 10.8 Å². The zero-order valence-electron chi connectivity index (χ0n) is 27.5. The molecule has 5 heteroatoms. The van der Waals surface area contributed by atoms with Gasteiger partial charge in [-0.15, -0.1) is 0 Å². The van der Waals surface area contributed by atoms with E-state index in [2.05, 4.69) is 71.0 Å². The van der Waals surface area contributed by atoms with E-state index in [1.165, 1.54) is 0 Å². The molecule has 0 radical (unpaired) electrons. The van der Waals surface area contributed by atoms with E-state index in [1.807, 2.05) is 27.7 Å². The average molecular weight is 595 g/mol. The van der Waals surface area contributed by atoms with E-state index >= 15 is 0 Å². The van der Waals surface area contributed by atoms with E-state index in [9.17, 15) is 20.1 Å². The van der Waals surface area contributed by atoms with Gasteiger partial charge in [0.05, 0.1) is 6.10 Å². The first-order chi connectivity index (χ1) is 20.7. The van der Waals surface area contributed by atoms with Crippen molar-refractivity contribution in [1.29, 1.82) is 0 Å². The first-order valence-corrected chi connectivity index (χ1v) is 16.1. The molecule has 3 N–H and O–H groups in total. The number of carbonyl (C=O) groups is 1. The van der Waals surface area contributed by atoms with Crippen LogP contribution >= 0.6 is 0 Å². The fourth-order valence-corrected chi connectivity index (χ4v) is 8.23. The van der Waals surface area contributed by atoms with Gasteiger partial charge in [-0.25, -0.2) is 0 Å². The fourth-order valence-electron chi connectivity index (χ4n) is 8.23. The van der Waals surface area contributed by atoms with E-state index in [0.717, 1.165) is 50.6 Å². The lowest BCUT2D eigenvalue weighted by Gasteiger charge is -2.44. The van der Waals surface area contributed by atoms with Gasteiger partial charge in [-0.1, -0.05) is 71.4 Å². The van der Waals surface area contributed by atoms with Gasteiger partial charge in [0.25, 0.3) is 0 Å². The van der Waals surface area contributed by atoms with Crippen LogP contribution in [-0.4, -0.2) is 27.2 Å². The van der Waals surface area contributed by atoms with Crippen molar-refractivity contribution in [2.45, 2.75) is 111 Å². The first-order valence-electron chi connectivity index (χ1n) is 16.1. The van der Waals surface area contributed by atoms with Crippen LogP contribution in [0.4, 0.5) is 0 Å². The Labute approximate surface area is 261 Å². The Morgan fingerprint density at radius 1 is 1.02 bits per heavy atom. The van der Waals surface area contributed by atoms with Crippen molar-refractivity contribution in [2.75, 3.05) is 0 Å². The summed E-state index contributed by atoms with van der Waals surface area (Å²) in [7, 11) is 0. The predicted octanol–water partition coefficient (Wildman–Crippen LogP) is 9.34. The number of aromatic hydroxyl groups is 1. The molecule has 232 valence electrons. The van der Waals surface area contributed by atoms with Crippen LogP contribution in [0, 0.1) is 12.8 Å². The second-order valence-electron chi connectivity index (χ2n) is 14.7. The summed E-state index contributed by atoms with van der Waals surface area (Å²) in [5, 5.41) is 36.6. The van der Waals surface area contributed by atoms with Gasteiger partial charge in [-0.3, -0.25) is 4.79 Å². The van der Waals surface area contributed by atoms with Crippen LogP contribution in [0.3, 0.4) is 0 Å². The molecule has 0 aromatic heterocycles. The highest BCUT2D eigenvalue weighted by Gasteiger charge is 2.48. The lowest BCUT2D eigenvalue weighted by molar-refractivity contribution is 0.0942. The number of fused-ring (bicyclic) bond motifs is 3. The second-order valence-corrected chi connectivity index (χ2v) is 14.7. The Hall–Kier alpha value is -3.57. The summed E-state index contributed by atoms with van der Waals surface area (Å²) in [4.78, 5) is 14.2. The van der Waals surface area contributed by atoms with Crippen molar-refractivity contribution in [1.82, 2.24) is 0 Å². The molecule has 3 aromatic carbocycles. The van der Waals surface area contributed by atoms with Crippen molar-refractivity contribution < 1.29 is 24.9 Å². The molecule has 0 fully saturated rings. The fraction of sp³-hybridized carbons (Fsp3) is 0.462. The van der Waals surface area contributed by atoms with E-state index in [1.54, 1.807) is 0 Å². The zero-order chi connectivity index (χ0) is 32.0.